The Balaban J connectivity index is 1.78. The summed E-state index contributed by atoms with van der Waals surface area (Å²) in [7, 11) is 0. The van der Waals surface area contributed by atoms with Crippen LogP contribution < -0.4 is 0 Å². The molecule has 0 amide bonds. The molecule has 4 saturated carbocycles. The molecule has 4 aliphatic rings. The average Bonchev–Trinajstić information content (AvgIpc) is 3.00. The molecule has 0 bridgehead atoms. The summed E-state index contributed by atoms with van der Waals surface area (Å²) in [6.45, 7) is 8.17. The summed E-state index contributed by atoms with van der Waals surface area (Å²) < 4.78 is 5.37. The fourth-order valence-electron chi connectivity index (χ4n) is 8.62. The second-order valence-electron chi connectivity index (χ2n) is 12.3. The number of carbonyl (C=O) groups is 2. The van der Waals surface area contributed by atoms with Gasteiger partial charge in [-0.2, -0.15) is 0 Å². The lowest BCUT2D eigenvalue weighted by atomic mass is 9.42. The lowest BCUT2D eigenvalue weighted by molar-refractivity contribution is -0.186. The Hall–Kier alpha value is -0.180. The SMILES string of the molecule is CC(C)OC(=O)C1C(Br)C2(Br)CC(O)CC[C@]2(C)[C@H]2CC[C@@]3(C)[C@@H](CC[C@]3(O)CCC(=O)O)[C@H]12. The first kappa shape index (κ1) is 26.9. The summed E-state index contributed by atoms with van der Waals surface area (Å²) in [4.78, 5) is 24.8. The maximum atomic E-state index is 13.7. The Morgan fingerprint density at radius 2 is 1.65 bits per heavy atom. The third-order valence-corrected chi connectivity index (χ3v) is 14.2. The van der Waals surface area contributed by atoms with Crippen molar-refractivity contribution in [1.29, 1.82) is 0 Å². The Labute approximate surface area is 219 Å². The molecule has 8 heteroatoms. The van der Waals surface area contributed by atoms with Crippen LogP contribution in [0.25, 0.3) is 0 Å². The number of halogens is 2. The van der Waals surface area contributed by atoms with E-state index in [0.29, 0.717) is 12.8 Å². The first-order valence-electron chi connectivity index (χ1n) is 12.9. The summed E-state index contributed by atoms with van der Waals surface area (Å²) in [6.07, 6.45) is 4.81. The number of aliphatic hydroxyl groups excluding tert-OH is 1. The van der Waals surface area contributed by atoms with Gasteiger partial charge in [0.1, 0.15) is 0 Å². The van der Waals surface area contributed by atoms with E-state index in [4.69, 9.17) is 4.74 Å². The second-order valence-corrected chi connectivity index (χ2v) is 14.7. The van der Waals surface area contributed by atoms with Crippen molar-refractivity contribution in [2.45, 2.75) is 112 Å². The van der Waals surface area contributed by atoms with Crippen molar-refractivity contribution >= 4 is 43.8 Å². The fraction of sp³-hybridized carbons (Fsp3) is 0.923. The minimum absolute atomic E-state index is 0.0270. The Kier molecular flexibility index (Phi) is 7.10. The molecule has 4 aliphatic carbocycles. The molecule has 0 aromatic heterocycles. The minimum Gasteiger partial charge on any atom is -0.481 e. The molecule has 4 unspecified atom stereocenters. The maximum absolute atomic E-state index is 13.7. The smallest absolute Gasteiger partial charge is 0.310 e. The number of fused-ring (bicyclic) bond motifs is 5. The Morgan fingerprint density at radius 3 is 2.26 bits per heavy atom. The average molecular weight is 608 g/mol. The second kappa shape index (κ2) is 8.98. The van der Waals surface area contributed by atoms with Crippen LogP contribution in [0.5, 0.6) is 0 Å². The lowest BCUT2D eigenvalue weighted by Crippen LogP contribution is -2.69. The molecule has 4 fully saturated rings. The highest BCUT2D eigenvalue weighted by molar-refractivity contribution is 9.12. The number of aliphatic hydroxyl groups is 2. The summed E-state index contributed by atoms with van der Waals surface area (Å²) >= 11 is 8.05. The quantitative estimate of drug-likeness (QED) is 0.298. The number of esters is 1. The van der Waals surface area contributed by atoms with Crippen molar-refractivity contribution in [3.8, 4) is 0 Å². The zero-order valence-electron chi connectivity index (χ0n) is 20.7. The van der Waals surface area contributed by atoms with Crippen LogP contribution in [0.3, 0.4) is 0 Å². The number of ether oxygens (including phenoxy) is 1. The molecule has 10 atom stereocenters. The number of hydrogen-bond acceptors (Lipinski definition) is 5. The van der Waals surface area contributed by atoms with E-state index < -0.39 is 33.3 Å². The minimum atomic E-state index is -1.04. The lowest BCUT2D eigenvalue weighted by Gasteiger charge is -2.67. The third-order valence-electron chi connectivity index (χ3n) is 10.5. The van der Waals surface area contributed by atoms with Crippen LogP contribution in [0.2, 0.25) is 0 Å². The standard InChI is InChI=1S/C26H40Br2O6/c1-14(2)34-22(32)20-19-16-7-11-25(33,12-8-18(30)31)23(16,3)10-6-17(19)24(4)9-5-15(29)13-26(24,28)21(20)27/h14-17,19-21,29,33H,5-13H2,1-4H3,(H,30,31)/t15?,16-,17-,19-,20?,21?,23-,24+,25-,26?/m0/s1. The van der Waals surface area contributed by atoms with Gasteiger partial charge in [0.05, 0.1) is 23.7 Å². The van der Waals surface area contributed by atoms with Crippen LogP contribution in [0.4, 0.5) is 0 Å². The number of carboxylic acids is 1. The van der Waals surface area contributed by atoms with Crippen LogP contribution in [-0.2, 0) is 14.3 Å². The van der Waals surface area contributed by atoms with E-state index in [1.54, 1.807) is 0 Å². The van der Waals surface area contributed by atoms with E-state index in [-0.39, 0.29) is 52.9 Å². The maximum Gasteiger partial charge on any atom is 0.310 e. The molecule has 0 spiro atoms. The van der Waals surface area contributed by atoms with Gasteiger partial charge in [0.2, 0.25) is 0 Å². The first-order chi connectivity index (χ1) is 15.7. The number of rotatable bonds is 5. The van der Waals surface area contributed by atoms with E-state index in [9.17, 15) is 24.9 Å². The Morgan fingerprint density at radius 1 is 1.06 bits per heavy atom. The monoisotopic (exact) mass is 606 g/mol. The van der Waals surface area contributed by atoms with Gasteiger partial charge in [0, 0.05) is 15.6 Å². The number of alkyl halides is 2. The van der Waals surface area contributed by atoms with E-state index in [2.05, 4.69) is 45.7 Å². The van der Waals surface area contributed by atoms with E-state index >= 15 is 0 Å². The highest BCUT2D eigenvalue weighted by atomic mass is 79.9. The largest absolute Gasteiger partial charge is 0.481 e. The molecular formula is C26H40Br2O6. The van der Waals surface area contributed by atoms with Crippen LogP contribution in [0.15, 0.2) is 0 Å². The van der Waals surface area contributed by atoms with Crippen molar-refractivity contribution in [2.75, 3.05) is 0 Å². The summed E-state index contributed by atoms with van der Waals surface area (Å²) in [5.41, 5.74) is -1.60. The van der Waals surface area contributed by atoms with Gasteiger partial charge in [0.15, 0.2) is 0 Å². The molecule has 0 aromatic carbocycles. The predicted molar refractivity (Wildman–Crippen MR) is 136 cm³/mol. The van der Waals surface area contributed by atoms with Crippen LogP contribution in [0, 0.1) is 34.5 Å². The van der Waals surface area contributed by atoms with Crippen molar-refractivity contribution in [1.82, 2.24) is 0 Å². The molecule has 3 N–H and O–H groups in total. The van der Waals surface area contributed by atoms with Crippen molar-refractivity contribution < 1.29 is 29.6 Å². The van der Waals surface area contributed by atoms with Gasteiger partial charge in [-0.3, -0.25) is 9.59 Å². The number of hydrogen-bond donors (Lipinski definition) is 3. The first-order valence-corrected chi connectivity index (χ1v) is 14.6. The van der Waals surface area contributed by atoms with E-state index in [1.807, 2.05) is 13.8 Å². The molecule has 34 heavy (non-hydrogen) atoms. The molecule has 194 valence electrons. The predicted octanol–water partition coefficient (Wildman–Crippen LogP) is 5.05. The zero-order chi connectivity index (χ0) is 25.3. The third kappa shape index (κ3) is 3.83. The van der Waals surface area contributed by atoms with Crippen molar-refractivity contribution in [3.05, 3.63) is 0 Å². The molecule has 0 aliphatic heterocycles. The fourth-order valence-corrected chi connectivity index (χ4v) is 11.0. The normalized spacial score (nSPS) is 50.3. The molecule has 0 heterocycles. The van der Waals surface area contributed by atoms with E-state index in [1.165, 1.54) is 0 Å². The molecule has 4 rings (SSSR count). The number of carbonyl (C=O) groups excluding carboxylic acids is 1. The van der Waals surface area contributed by atoms with Crippen molar-refractivity contribution in [3.63, 3.8) is 0 Å². The van der Waals surface area contributed by atoms with Gasteiger partial charge in [0.25, 0.3) is 0 Å². The molecule has 0 radical (unpaired) electrons. The molecule has 6 nitrogen and oxygen atoms in total. The number of aliphatic carboxylic acids is 1. The summed E-state index contributed by atoms with van der Waals surface area (Å²) in [6, 6.07) is 0. The molecule has 0 aromatic rings. The van der Waals surface area contributed by atoms with E-state index in [0.717, 1.165) is 32.1 Å². The Bertz CT molecular complexity index is 836. The zero-order valence-corrected chi connectivity index (χ0v) is 23.9. The van der Waals surface area contributed by atoms with Gasteiger partial charge in [-0.1, -0.05) is 45.7 Å². The summed E-state index contributed by atoms with van der Waals surface area (Å²) in [5.74, 6) is -1.12. The van der Waals surface area contributed by atoms with Gasteiger partial charge in [-0.05, 0) is 93.8 Å². The topological polar surface area (TPSA) is 104 Å². The summed E-state index contributed by atoms with van der Waals surface area (Å²) in [5, 5.41) is 31.7. The van der Waals surface area contributed by atoms with Gasteiger partial charge < -0.3 is 20.1 Å². The molecular weight excluding hydrogens is 568 g/mol. The van der Waals surface area contributed by atoms with Gasteiger partial charge >= 0.3 is 11.9 Å². The van der Waals surface area contributed by atoms with Gasteiger partial charge in [-0.15, -0.1) is 0 Å². The molecule has 0 saturated heterocycles. The highest BCUT2D eigenvalue weighted by Gasteiger charge is 2.72. The number of carboxylic acid groups (broad SMARTS) is 1. The van der Waals surface area contributed by atoms with Crippen LogP contribution in [0.1, 0.15) is 85.5 Å². The van der Waals surface area contributed by atoms with Crippen molar-refractivity contribution in [2.24, 2.45) is 34.5 Å². The van der Waals surface area contributed by atoms with Gasteiger partial charge in [-0.25, -0.2) is 0 Å². The van der Waals surface area contributed by atoms with Crippen LogP contribution in [-0.4, -0.2) is 54.2 Å². The van der Waals surface area contributed by atoms with Crippen LogP contribution >= 0.6 is 31.9 Å². The highest BCUT2D eigenvalue weighted by Crippen LogP contribution is 2.73.